The lowest BCUT2D eigenvalue weighted by molar-refractivity contribution is -0.386. The molecule has 5 heteroatoms. The molecule has 0 aromatic heterocycles. The first-order valence-corrected chi connectivity index (χ1v) is 6.91. The van der Waals surface area contributed by atoms with Gasteiger partial charge in [-0.15, -0.1) is 0 Å². The van der Waals surface area contributed by atoms with Crippen molar-refractivity contribution in [1.29, 1.82) is 0 Å². The van der Waals surface area contributed by atoms with E-state index in [1.54, 1.807) is 6.07 Å². The summed E-state index contributed by atoms with van der Waals surface area (Å²) in [7, 11) is 0. The Hall–Kier alpha value is -2.43. The Labute approximate surface area is 122 Å². The zero-order chi connectivity index (χ0) is 14.8. The number of nitro groups is 1. The van der Waals surface area contributed by atoms with Crippen LogP contribution in [0.3, 0.4) is 0 Å². The number of para-hydroxylation sites is 1. The van der Waals surface area contributed by atoms with Crippen molar-refractivity contribution in [1.82, 2.24) is 0 Å². The van der Waals surface area contributed by atoms with E-state index in [4.69, 9.17) is 0 Å². The van der Waals surface area contributed by atoms with E-state index in [9.17, 15) is 14.5 Å². The van der Waals surface area contributed by atoms with Crippen LogP contribution in [0.25, 0.3) is 0 Å². The normalized spacial score (nSPS) is 14.4. The van der Waals surface area contributed by atoms with Crippen molar-refractivity contribution in [3.05, 3.63) is 69.5 Å². The third kappa shape index (κ3) is 2.59. The molecule has 0 N–H and O–H groups in total. The number of benzene rings is 2. The molecule has 21 heavy (non-hydrogen) atoms. The van der Waals surface area contributed by atoms with Crippen molar-refractivity contribution in [3.8, 4) is 0 Å². The van der Waals surface area contributed by atoms with Gasteiger partial charge in [0.1, 0.15) is 5.69 Å². The molecular formula is C16H15FN2O2. The lowest BCUT2D eigenvalue weighted by Gasteiger charge is -2.23. The zero-order valence-electron chi connectivity index (χ0n) is 11.5. The minimum atomic E-state index is -0.782. The SMILES string of the molecule is O=[N+]([O-])c1c(F)cccc1N1CCCc2ccccc2C1. The van der Waals surface area contributed by atoms with Crippen LogP contribution in [0, 0.1) is 15.9 Å². The van der Waals surface area contributed by atoms with Gasteiger partial charge in [0.2, 0.25) is 5.82 Å². The highest BCUT2D eigenvalue weighted by Gasteiger charge is 2.25. The second kappa shape index (κ2) is 5.52. The molecule has 0 spiro atoms. The van der Waals surface area contributed by atoms with Crippen LogP contribution in [0.1, 0.15) is 17.5 Å². The molecule has 108 valence electrons. The van der Waals surface area contributed by atoms with Crippen LogP contribution < -0.4 is 4.90 Å². The Bertz CT molecular complexity index is 688. The molecule has 0 bridgehead atoms. The second-order valence-electron chi connectivity index (χ2n) is 5.16. The van der Waals surface area contributed by atoms with Crippen LogP contribution in [0.15, 0.2) is 42.5 Å². The predicted molar refractivity (Wildman–Crippen MR) is 78.9 cm³/mol. The number of hydrogen-bond acceptors (Lipinski definition) is 3. The molecule has 1 aliphatic rings. The summed E-state index contributed by atoms with van der Waals surface area (Å²) in [4.78, 5) is 12.4. The first-order valence-electron chi connectivity index (χ1n) is 6.91. The van der Waals surface area contributed by atoms with Crippen LogP contribution in [0.5, 0.6) is 0 Å². The van der Waals surface area contributed by atoms with Gasteiger partial charge in [-0.05, 0) is 36.1 Å². The minimum Gasteiger partial charge on any atom is -0.362 e. The molecule has 2 aromatic rings. The van der Waals surface area contributed by atoms with Gasteiger partial charge in [-0.2, -0.15) is 4.39 Å². The highest BCUT2D eigenvalue weighted by atomic mass is 19.1. The fourth-order valence-corrected chi connectivity index (χ4v) is 2.85. The maximum Gasteiger partial charge on any atom is 0.327 e. The van der Waals surface area contributed by atoms with E-state index in [1.165, 1.54) is 11.6 Å². The summed E-state index contributed by atoms with van der Waals surface area (Å²) in [5.74, 6) is -0.782. The molecule has 0 saturated carbocycles. The lowest BCUT2D eigenvalue weighted by Crippen LogP contribution is -2.23. The Kier molecular flexibility index (Phi) is 3.56. The van der Waals surface area contributed by atoms with Crippen molar-refractivity contribution in [2.75, 3.05) is 11.4 Å². The number of anilines is 1. The summed E-state index contributed by atoms with van der Waals surface area (Å²) in [5, 5.41) is 11.2. The largest absolute Gasteiger partial charge is 0.362 e. The van der Waals surface area contributed by atoms with E-state index in [-0.39, 0.29) is 0 Å². The molecule has 0 radical (unpaired) electrons. The van der Waals surface area contributed by atoms with Gasteiger partial charge in [0, 0.05) is 13.1 Å². The van der Waals surface area contributed by atoms with Crippen molar-refractivity contribution in [3.63, 3.8) is 0 Å². The van der Waals surface area contributed by atoms with Crippen LogP contribution in [-0.2, 0) is 13.0 Å². The maximum atomic E-state index is 13.8. The number of nitro benzene ring substituents is 1. The van der Waals surface area contributed by atoms with Gasteiger partial charge in [-0.3, -0.25) is 10.1 Å². The molecule has 4 nitrogen and oxygen atoms in total. The average Bonchev–Trinajstić information content (AvgIpc) is 2.68. The molecule has 0 amide bonds. The molecule has 0 atom stereocenters. The van der Waals surface area contributed by atoms with Gasteiger partial charge >= 0.3 is 5.69 Å². The van der Waals surface area contributed by atoms with Crippen molar-refractivity contribution in [2.45, 2.75) is 19.4 Å². The van der Waals surface area contributed by atoms with E-state index >= 15 is 0 Å². The smallest absolute Gasteiger partial charge is 0.327 e. The Morgan fingerprint density at radius 1 is 1.10 bits per heavy atom. The topological polar surface area (TPSA) is 46.4 Å². The number of hydrogen-bond donors (Lipinski definition) is 0. The molecular weight excluding hydrogens is 271 g/mol. The average molecular weight is 286 g/mol. The Balaban J connectivity index is 2.02. The van der Waals surface area contributed by atoms with Crippen molar-refractivity contribution >= 4 is 11.4 Å². The predicted octanol–water partition coefficient (Wildman–Crippen LogP) is 3.69. The van der Waals surface area contributed by atoms with E-state index in [0.29, 0.717) is 18.8 Å². The third-order valence-electron chi connectivity index (χ3n) is 3.84. The summed E-state index contributed by atoms with van der Waals surface area (Å²) >= 11 is 0. The van der Waals surface area contributed by atoms with E-state index in [1.807, 2.05) is 23.1 Å². The summed E-state index contributed by atoms with van der Waals surface area (Å²) in [6, 6.07) is 12.3. The number of aryl methyl sites for hydroxylation is 1. The molecule has 2 aromatic carbocycles. The molecule has 1 aliphatic heterocycles. The van der Waals surface area contributed by atoms with E-state index in [2.05, 4.69) is 6.07 Å². The first kappa shape index (κ1) is 13.5. The van der Waals surface area contributed by atoms with Gasteiger partial charge < -0.3 is 4.90 Å². The summed E-state index contributed by atoms with van der Waals surface area (Å²) < 4.78 is 13.8. The minimum absolute atomic E-state index is 0.358. The third-order valence-corrected chi connectivity index (χ3v) is 3.84. The van der Waals surface area contributed by atoms with Crippen LogP contribution in [0.2, 0.25) is 0 Å². The van der Waals surface area contributed by atoms with Crippen molar-refractivity contribution < 1.29 is 9.31 Å². The molecule has 0 fully saturated rings. The molecule has 3 rings (SSSR count). The number of rotatable bonds is 2. The maximum absolute atomic E-state index is 13.8. The van der Waals surface area contributed by atoms with Crippen LogP contribution in [0.4, 0.5) is 15.8 Å². The summed E-state index contributed by atoms with van der Waals surface area (Å²) in [6.45, 7) is 1.25. The molecule has 1 heterocycles. The van der Waals surface area contributed by atoms with Crippen molar-refractivity contribution in [2.24, 2.45) is 0 Å². The second-order valence-corrected chi connectivity index (χ2v) is 5.16. The highest BCUT2D eigenvalue weighted by molar-refractivity contribution is 5.64. The number of fused-ring (bicyclic) bond motifs is 1. The fraction of sp³-hybridized carbons (Fsp3) is 0.250. The highest BCUT2D eigenvalue weighted by Crippen LogP contribution is 2.33. The number of nitrogens with zero attached hydrogens (tertiary/aromatic N) is 2. The van der Waals surface area contributed by atoms with E-state index < -0.39 is 16.4 Å². The molecule has 0 saturated heterocycles. The standard InChI is InChI=1S/C16H15FN2O2/c17-14-8-3-9-15(16(14)19(20)21)18-10-4-7-12-5-1-2-6-13(12)11-18/h1-3,5-6,8-9H,4,7,10-11H2. The lowest BCUT2D eigenvalue weighted by atomic mass is 10.0. The van der Waals surface area contributed by atoms with Crippen LogP contribution in [-0.4, -0.2) is 11.5 Å². The Morgan fingerprint density at radius 2 is 1.86 bits per heavy atom. The quantitative estimate of drug-likeness (QED) is 0.625. The van der Waals surface area contributed by atoms with E-state index in [0.717, 1.165) is 24.5 Å². The van der Waals surface area contributed by atoms with Gasteiger partial charge in [0.05, 0.1) is 4.92 Å². The first-order chi connectivity index (χ1) is 10.2. The monoisotopic (exact) mass is 286 g/mol. The van der Waals surface area contributed by atoms with Gasteiger partial charge in [-0.1, -0.05) is 30.3 Å². The van der Waals surface area contributed by atoms with Crippen LogP contribution >= 0.6 is 0 Å². The van der Waals surface area contributed by atoms with Gasteiger partial charge in [-0.25, -0.2) is 0 Å². The Morgan fingerprint density at radius 3 is 2.62 bits per heavy atom. The zero-order valence-corrected chi connectivity index (χ0v) is 11.5. The van der Waals surface area contributed by atoms with Gasteiger partial charge in [0.25, 0.3) is 0 Å². The number of halogens is 1. The molecule has 0 aliphatic carbocycles. The van der Waals surface area contributed by atoms with Gasteiger partial charge in [0.15, 0.2) is 0 Å². The summed E-state index contributed by atoms with van der Waals surface area (Å²) in [5.41, 5.74) is 2.33. The molecule has 0 unspecified atom stereocenters. The fourth-order valence-electron chi connectivity index (χ4n) is 2.85. The summed E-state index contributed by atoms with van der Waals surface area (Å²) in [6.07, 6.45) is 1.83.